The number of amides is 3. The number of carbonyl (C=O) groups is 3. The molecule has 0 aliphatic rings. The maximum Gasteiger partial charge on any atom is 0.269 e. The van der Waals surface area contributed by atoms with E-state index in [4.69, 9.17) is 9.47 Å². The Bertz CT molecular complexity index is 972. The highest BCUT2D eigenvalue weighted by atomic mass is 16.5. The van der Waals surface area contributed by atoms with Crippen molar-refractivity contribution in [1.29, 1.82) is 0 Å². The molecule has 0 aliphatic carbocycles. The van der Waals surface area contributed by atoms with Crippen molar-refractivity contribution in [3.63, 3.8) is 0 Å². The van der Waals surface area contributed by atoms with Gasteiger partial charge in [-0.2, -0.15) is 0 Å². The molecule has 0 fully saturated rings. The number of ether oxygens (including phenoxy) is 2. The van der Waals surface area contributed by atoms with Crippen molar-refractivity contribution < 1.29 is 23.9 Å². The molecular formula is C24H31N3O5. The van der Waals surface area contributed by atoms with Gasteiger partial charge < -0.3 is 14.8 Å². The average molecular weight is 442 g/mol. The summed E-state index contributed by atoms with van der Waals surface area (Å²) in [5.41, 5.74) is 7.42. The topological polar surface area (TPSA) is 106 Å². The standard InChI is InChI=1S/C24H31N3O5/c1-15(2)10-11-32-20-9-8-19(13-21(20)31-5)24(30)27-26-22(28)14-25-23(29)18-7-6-16(3)17(4)12-18/h6-9,12-13,15H,10-11,14H2,1-5H3,(H,25,29)(H,26,28)(H,27,30). The Kier molecular flexibility index (Phi) is 9.07. The zero-order valence-electron chi connectivity index (χ0n) is 19.2. The van der Waals surface area contributed by atoms with Crippen molar-refractivity contribution in [2.45, 2.75) is 34.1 Å². The van der Waals surface area contributed by atoms with Crippen LogP contribution in [0.3, 0.4) is 0 Å². The van der Waals surface area contributed by atoms with E-state index in [0.717, 1.165) is 17.5 Å². The van der Waals surface area contributed by atoms with Crippen LogP contribution in [0.4, 0.5) is 0 Å². The van der Waals surface area contributed by atoms with Gasteiger partial charge in [0, 0.05) is 11.1 Å². The molecule has 0 atom stereocenters. The van der Waals surface area contributed by atoms with E-state index in [2.05, 4.69) is 30.0 Å². The lowest BCUT2D eigenvalue weighted by Crippen LogP contribution is -2.46. The normalized spacial score (nSPS) is 10.4. The minimum absolute atomic E-state index is 0.280. The Hall–Kier alpha value is -3.55. The van der Waals surface area contributed by atoms with E-state index >= 15 is 0 Å². The zero-order chi connectivity index (χ0) is 23.7. The van der Waals surface area contributed by atoms with Gasteiger partial charge in [-0.25, -0.2) is 0 Å². The molecule has 172 valence electrons. The van der Waals surface area contributed by atoms with E-state index in [1.807, 2.05) is 19.9 Å². The summed E-state index contributed by atoms with van der Waals surface area (Å²) in [5, 5.41) is 2.52. The predicted octanol–water partition coefficient (Wildman–Crippen LogP) is 2.93. The number of carbonyl (C=O) groups excluding carboxylic acids is 3. The molecule has 2 aromatic rings. The molecule has 8 nitrogen and oxygen atoms in total. The second-order valence-corrected chi connectivity index (χ2v) is 7.88. The molecule has 0 spiro atoms. The highest BCUT2D eigenvalue weighted by molar-refractivity contribution is 5.98. The minimum Gasteiger partial charge on any atom is -0.493 e. The van der Waals surface area contributed by atoms with Crippen LogP contribution >= 0.6 is 0 Å². The number of nitrogens with one attached hydrogen (secondary N) is 3. The molecule has 32 heavy (non-hydrogen) atoms. The maximum absolute atomic E-state index is 12.4. The molecule has 0 radical (unpaired) electrons. The summed E-state index contributed by atoms with van der Waals surface area (Å²) in [6.45, 7) is 8.35. The van der Waals surface area contributed by atoms with Gasteiger partial charge in [-0.3, -0.25) is 25.2 Å². The quantitative estimate of drug-likeness (QED) is 0.519. The minimum atomic E-state index is -0.559. The second kappa shape index (κ2) is 11.7. The zero-order valence-corrected chi connectivity index (χ0v) is 19.2. The van der Waals surface area contributed by atoms with Gasteiger partial charge in [0.15, 0.2) is 11.5 Å². The number of benzene rings is 2. The molecule has 3 N–H and O–H groups in total. The van der Waals surface area contributed by atoms with Gasteiger partial charge in [-0.1, -0.05) is 19.9 Å². The number of hydrogen-bond donors (Lipinski definition) is 3. The summed E-state index contributed by atoms with van der Waals surface area (Å²) in [7, 11) is 1.49. The number of rotatable bonds is 9. The van der Waals surface area contributed by atoms with Crippen LogP contribution < -0.4 is 25.6 Å². The molecule has 0 bridgehead atoms. The maximum atomic E-state index is 12.4. The van der Waals surface area contributed by atoms with Crippen LogP contribution in [0.25, 0.3) is 0 Å². The van der Waals surface area contributed by atoms with Crippen LogP contribution in [-0.4, -0.2) is 38.0 Å². The van der Waals surface area contributed by atoms with Crippen molar-refractivity contribution in [2.75, 3.05) is 20.3 Å². The van der Waals surface area contributed by atoms with Crippen LogP contribution in [-0.2, 0) is 4.79 Å². The fourth-order valence-corrected chi connectivity index (χ4v) is 2.72. The van der Waals surface area contributed by atoms with Gasteiger partial charge in [0.05, 0.1) is 20.3 Å². The molecule has 0 unspecified atom stereocenters. The molecule has 0 saturated heterocycles. The Morgan fingerprint density at radius 3 is 2.22 bits per heavy atom. The van der Waals surface area contributed by atoms with E-state index in [0.29, 0.717) is 29.6 Å². The van der Waals surface area contributed by atoms with Crippen LogP contribution in [0, 0.1) is 19.8 Å². The largest absolute Gasteiger partial charge is 0.493 e. The number of methoxy groups -OCH3 is 1. The lowest BCUT2D eigenvalue weighted by molar-refractivity contribution is -0.120. The molecule has 8 heteroatoms. The molecule has 0 heterocycles. The number of hydrogen-bond acceptors (Lipinski definition) is 5. The SMILES string of the molecule is COc1cc(C(=O)NNC(=O)CNC(=O)c2ccc(C)c(C)c2)ccc1OCCC(C)C. The first-order chi connectivity index (χ1) is 15.2. The fraction of sp³-hybridized carbons (Fsp3) is 0.375. The molecule has 0 aliphatic heterocycles. The number of aryl methyl sites for hydroxylation is 2. The van der Waals surface area contributed by atoms with Crippen LogP contribution in [0.5, 0.6) is 11.5 Å². The summed E-state index contributed by atoms with van der Waals surface area (Å²) < 4.78 is 11.0. The summed E-state index contributed by atoms with van der Waals surface area (Å²) in [5.74, 6) is 0.0333. The van der Waals surface area contributed by atoms with Crippen LogP contribution in [0.2, 0.25) is 0 Å². The van der Waals surface area contributed by atoms with Crippen LogP contribution in [0.1, 0.15) is 52.1 Å². The second-order valence-electron chi connectivity index (χ2n) is 7.88. The molecule has 0 saturated carbocycles. The lowest BCUT2D eigenvalue weighted by atomic mass is 10.1. The van der Waals surface area contributed by atoms with E-state index < -0.39 is 11.8 Å². The van der Waals surface area contributed by atoms with Gasteiger partial charge in [0.1, 0.15) is 0 Å². The Labute approximate surface area is 188 Å². The Morgan fingerprint density at radius 1 is 0.875 bits per heavy atom. The fourth-order valence-electron chi connectivity index (χ4n) is 2.72. The summed E-state index contributed by atoms with van der Waals surface area (Å²) in [4.78, 5) is 36.5. The van der Waals surface area contributed by atoms with Gasteiger partial charge in [0.25, 0.3) is 17.7 Å². The van der Waals surface area contributed by atoms with E-state index in [9.17, 15) is 14.4 Å². The molecule has 3 amide bonds. The molecule has 2 rings (SSSR count). The van der Waals surface area contributed by atoms with Crippen molar-refractivity contribution in [2.24, 2.45) is 5.92 Å². The van der Waals surface area contributed by atoms with E-state index in [1.165, 1.54) is 13.2 Å². The van der Waals surface area contributed by atoms with Gasteiger partial charge in [-0.05, 0) is 67.6 Å². The summed E-state index contributed by atoms with van der Waals surface area (Å²) in [6.07, 6.45) is 0.900. The first-order valence-corrected chi connectivity index (χ1v) is 10.5. The third kappa shape index (κ3) is 7.30. The van der Waals surface area contributed by atoms with Crippen molar-refractivity contribution in [3.8, 4) is 11.5 Å². The van der Waals surface area contributed by atoms with Crippen molar-refractivity contribution >= 4 is 17.7 Å². The van der Waals surface area contributed by atoms with Gasteiger partial charge >= 0.3 is 0 Å². The molecule has 2 aromatic carbocycles. The Morgan fingerprint density at radius 2 is 1.56 bits per heavy atom. The predicted molar refractivity (Wildman–Crippen MR) is 122 cm³/mol. The first kappa shape index (κ1) is 24.7. The third-order valence-electron chi connectivity index (χ3n) is 4.87. The molecular weight excluding hydrogens is 410 g/mol. The Balaban J connectivity index is 1.85. The monoisotopic (exact) mass is 441 g/mol. The van der Waals surface area contributed by atoms with E-state index in [-0.39, 0.29) is 18.0 Å². The van der Waals surface area contributed by atoms with Gasteiger partial charge in [-0.15, -0.1) is 0 Å². The number of hydrazine groups is 1. The van der Waals surface area contributed by atoms with Crippen molar-refractivity contribution in [3.05, 3.63) is 58.7 Å². The first-order valence-electron chi connectivity index (χ1n) is 10.5. The highest BCUT2D eigenvalue weighted by Gasteiger charge is 2.13. The lowest BCUT2D eigenvalue weighted by Gasteiger charge is -2.13. The smallest absolute Gasteiger partial charge is 0.269 e. The van der Waals surface area contributed by atoms with E-state index in [1.54, 1.807) is 24.3 Å². The van der Waals surface area contributed by atoms with Gasteiger partial charge in [0.2, 0.25) is 0 Å². The van der Waals surface area contributed by atoms with Crippen LogP contribution in [0.15, 0.2) is 36.4 Å². The van der Waals surface area contributed by atoms with Crippen molar-refractivity contribution in [1.82, 2.24) is 16.2 Å². The molecule has 0 aromatic heterocycles. The highest BCUT2D eigenvalue weighted by Crippen LogP contribution is 2.28. The average Bonchev–Trinajstić information content (AvgIpc) is 2.77. The third-order valence-corrected chi connectivity index (χ3v) is 4.87. The summed E-state index contributed by atoms with van der Waals surface area (Å²) >= 11 is 0. The summed E-state index contributed by atoms with van der Waals surface area (Å²) in [6, 6.07) is 10.1.